The van der Waals surface area contributed by atoms with Crippen molar-refractivity contribution in [3.63, 3.8) is 0 Å². The summed E-state index contributed by atoms with van der Waals surface area (Å²) >= 11 is 0. The van der Waals surface area contributed by atoms with Crippen molar-refractivity contribution in [2.45, 2.75) is 73.6 Å². The molecule has 0 saturated heterocycles. The van der Waals surface area contributed by atoms with Crippen LogP contribution in [-0.2, 0) is 18.0 Å². The van der Waals surface area contributed by atoms with E-state index in [0.29, 0.717) is 0 Å². The number of hydrogen-bond acceptors (Lipinski definition) is 4. The van der Waals surface area contributed by atoms with Gasteiger partial charge in [-0.1, -0.05) is 53.5 Å². The molecule has 0 spiro atoms. The normalized spacial score (nSPS) is 16.9. The second-order valence-electron chi connectivity index (χ2n) is 7.88. The molecule has 0 aromatic carbocycles. The smallest absolute Gasteiger partial charge is 0.302 e. The quantitative estimate of drug-likeness (QED) is 0.196. The van der Waals surface area contributed by atoms with E-state index < -0.39 is 15.6 Å². The minimum Gasteiger partial charge on any atom is -0.302 e. The molecule has 0 aliphatic heterocycles. The highest BCUT2D eigenvalue weighted by molar-refractivity contribution is 7.60. The van der Waals surface area contributed by atoms with Gasteiger partial charge in [-0.3, -0.25) is 4.52 Å². The summed E-state index contributed by atoms with van der Waals surface area (Å²) in [4.78, 5) is 26.4. The van der Waals surface area contributed by atoms with Crippen molar-refractivity contribution in [1.29, 1.82) is 0 Å². The van der Waals surface area contributed by atoms with Gasteiger partial charge in [0.05, 0.1) is 6.61 Å². The predicted octanol–water partition coefficient (Wildman–Crippen LogP) is 6.60. The molecule has 0 rings (SSSR count). The van der Waals surface area contributed by atoms with E-state index in [2.05, 4.69) is 54.8 Å². The van der Waals surface area contributed by atoms with E-state index in [1.165, 1.54) is 16.7 Å². The van der Waals surface area contributed by atoms with E-state index >= 15 is 0 Å². The zero-order valence-electron chi connectivity index (χ0n) is 19.0. The van der Waals surface area contributed by atoms with Gasteiger partial charge in [0.1, 0.15) is 0 Å². The molecule has 0 saturated carbocycles. The Morgan fingerprint density at radius 3 is 1.93 bits per heavy atom. The van der Waals surface area contributed by atoms with Crippen LogP contribution in [0.15, 0.2) is 46.6 Å². The third-order valence-electron chi connectivity index (χ3n) is 4.57. The lowest BCUT2D eigenvalue weighted by atomic mass is 9.96. The molecule has 0 aliphatic rings. The van der Waals surface area contributed by atoms with E-state index in [1.807, 2.05) is 13.8 Å². The molecule has 7 nitrogen and oxygen atoms in total. The topological polar surface area (TPSA) is 113 Å². The third kappa shape index (κ3) is 17.0. The van der Waals surface area contributed by atoms with Crippen LogP contribution >= 0.6 is 15.6 Å². The first-order valence-electron chi connectivity index (χ1n) is 10.1. The van der Waals surface area contributed by atoms with E-state index in [4.69, 9.17) is 9.79 Å². The number of phosphoric acid groups is 2. The molecule has 174 valence electrons. The summed E-state index contributed by atoms with van der Waals surface area (Å²) in [5.74, 6) is 0.200. The highest BCUT2D eigenvalue weighted by Crippen LogP contribution is 2.57. The maximum Gasteiger partial charge on any atom is 0.481 e. The van der Waals surface area contributed by atoms with Gasteiger partial charge in [-0.2, -0.15) is 4.31 Å². The molecule has 30 heavy (non-hydrogen) atoms. The van der Waals surface area contributed by atoms with Crippen molar-refractivity contribution in [2.24, 2.45) is 5.92 Å². The van der Waals surface area contributed by atoms with Crippen molar-refractivity contribution in [2.75, 3.05) is 6.61 Å². The first kappa shape index (κ1) is 29.2. The van der Waals surface area contributed by atoms with Crippen LogP contribution in [0.2, 0.25) is 0 Å². The minimum absolute atomic E-state index is 0.200. The third-order valence-corrected chi connectivity index (χ3v) is 6.72. The first-order chi connectivity index (χ1) is 13.7. The Bertz CT molecular complexity index is 740. The summed E-state index contributed by atoms with van der Waals surface area (Å²) in [5, 5.41) is 0. The Kier molecular flexibility index (Phi) is 13.9. The van der Waals surface area contributed by atoms with Gasteiger partial charge in [0, 0.05) is 0 Å². The molecule has 0 fully saturated rings. The fourth-order valence-corrected chi connectivity index (χ4v) is 4.05. The highest BCUT2D eigenvalue weighted by Gasteiger charge is 2.31. The maximum atomic E-state index is 11.4. The molecule has 9 heteroatoms. The van der Waals surface area contributed by atoms with E-state index in [-0.39, 0.29) is 12.5 Å². The zero-order chi connectivity index (χ0) is 23.4. The summed E-state index contributed by atoms with van der Waals surface area (Å²) in [7, 11) is -9.88. The zero-order valence-corrected chi connectivity index (χ0v) is 20.8. The summed E-state index contributed by atoms with van der Waals surface area (Å²) in [6.07, 6.45) is 13.4. The largest absolute Gasteiger partial charge is 0.481 e. The number of allylic oxidation sites excluding steroid dienone is 7. The van der Waals surface area contributed by atoms with Gasteiger partial charge in [-0.05, 0) is 72.6 Å². The molecule has 0 radical (unpaired) electrons. The van der Waals surface area contributed by atoms with E-state index in [1.54, 1.807) is 6.08 Å². The van der Waals surface area contributed by atoms with Gasteiger partial charge in [0.2, 0.25) is 0 Å². The van der Waals surface area contributed by atoms with Crippen molar-refractivity contribution < 1.29 is 32.6 Å². The lowest BCUT2D eigenvalue weighted by molar-refractivity contribution is 0.191. The average Bonchev–Trinajstić information content (AvgIpc) is 2.56. The van der Waals surface area contributed by atoms with Crippen LogP contribution in [0.25, 0.3) is 0 Å². The average molecular weight is 464 g/mol. The molecular formula is C21H38O7P2. The Labute approximate surface area is 181 Å². The predicted molar refractivity (Wildman–Crippen MR) is 122 cm³/mol. The molecule has 0 aromatic rings. The summed E-state index contributed by atoms with van der Waals surface area (Å²) in [6, 6.07) is 0. The van der Waals surface area contributed by atoms with Crippen molar-refractivity contribution in [3.8, 4) is 0 Å². The molecule has 2 unspecified atom stereocenters. The van der Waals surface area contributed by atoms with Gasteiger partial charge in [-0.15, -0.1) is 0 Å². The Balaban J connectivity index is 4.41. The van der Waals surface area contributed by atoms with Crippen LogP contribution in [0.4, 0.5) is 0 Å². The van der Waals surface area contributed by atoms with Crippen LogP contribution in [-0.4, -0.2) is 21.3 Å². The van der Waals surface area contributed by atoms with Gasteiger partial charge in [-0.25, -0.2) is 9.13 Å². The van der Waals surface area contributed by atoms with Gasteiger partial charge < -0.3 is 14.7 Å². The summed E-state index contributed by atoms with van der Waals surface area (Å²) in [6.45, 7) is 12.2. The molecule has 0 heterocycles. The van der Waals surface area contributed by atoms with E-state index in [9.17, 15) is 14.0 Å². The van der Waals surface area contributed by atoms with Gasteiger partial charge in [0.15, 0.2) is 0 Å². The van der Waals surface area contributed by atoms with Crippen molar-refractivity contribution >= 4 is 15.6 Å². The monoisotopic (exact) mass is 464 g/mol. The van der Waals surface area contributed by atoms with Crippen LogP contribution in [0.5, 0.6) is 0 Å². The maximum absolute atomic E-state index is 11.4. The van der Waals surface area contributed by atoms with E-state index in [0.717, 1.165) is 37.7 Å². The Morgan fingerprint density at radius 2 is 1.40 bits per heavy atom. The molecule has 0 aliphatic carbocycles. The molecule has 2 atom stereocenters. The standard InChI is InChI=1S/C21H38O7P2/c1-17(2)9-7-10-18(3)11-8-12-19(4)13-14-20(5)21(6)15-16-27-30(25,26)28-29(22,23)24/h9,11,13,15,20H,7-8,10,12,14,16H2,1-6H3,(H,25,26)(H2,22,23,24). The summed E-state index contributed by atoms with van der Waals surface area (Å²) < 4.78 is 30.3. The molecule has 0 aromatic heterocycles. The van der Waals surface area contributed by atoms with Crippen molar-refractivity contribution in [3.05, 3.63) is 46.6 Å². The van der Waals surface area contributed by atoms with Gasteiger partial charge in [0.25, 0.3) is 0 Å². The summed E-state index contributed by atoms with van der Waals surface area (Å²) in [5.41, 5.74) is 5.03. The lowest BCUT2D eigenvalue weighted by Gasteiger charge is -2.13. The van der Waals surface area contributed by atoms with Crippen molar-refractivity contribution in [1.82, 2.24) is 0 Å². The molecule has 3 N–H and O–H groups in total. The number of phosphoric ester groups is 1. The minimum atomic E-state index is -5.09. The fraction of sp³-hybridized carbons (Fsp3) is 0.619. The Morgan fingerprint density at radius 1 is 0.867 bits per heavy atom. The fourth-order valence-electron chi connectivity index (χ4n) is 2.52. The lowest BCUT2D eigenvalue weighted by Crippen LogP contribution is -1.99. The Hall–Kier alpha value is -0.780. The van der Waals surface area contributed by atoms with Crippen LogP contribution in [0, 0.1) is 5.92 Å². The molecule has 0 amide bonds. The highest BCUT2D eigenvalue weighted by atomic mass is 31.3. The number of rotatable bonds is 14. The van der Waals surface area contributed by atoms with Gasteiger partial charge >= 0.3 is 15.6 Å². The second-order valence-corrected chi connectivity index (χ2v) is 10.7. The van der Waals surface area contributed by atoms with Crippen LogP contribution < -0.4 is 0 Å². The molecular weight excluding hydrogens is 426 g/mol. The second kappa shape index (κ2) is 14.3. The molecule has 0 bridgehead atoms. The SMILES string of the molecule is CC(C)=CCCC(C)=CCCC(C)=CCC(C)C(C)=CCOP(=O)(O)OP(=O)(O)O. The first-order valence-corrected chi connectivity index (χ1v) is 13.1. The number of hydrogen-bond donors (Lipinski definition) is 3. The van der Waals surface area contributed by atoms with Crippen LogP contribution in [0.1, 0.15) is 73.6 Å². The van der Waals surface area contributed by atoms with Crippen LogP contribution in [0.3, 0.4) is 0 Å².